The molecule has 6 aliphatic rings. The van der Waals surface area contributed by atoms with Gasteiger partial charge in [-0.05, 0) is 125 Å². The molecule has 0 saturated heterocycles. The van der Waals surface area contributed by atoms with Crippen LogP contribution in [0.25, 0.3) is 0 Å². The van der Waals surface area contributed by atoms with E-state index in [-0.39, 0.29) is 26.9 Å². The van der Waals surface area contributed by atoms with Crippen LogP contribution < -0.4 is 84.8 Å². The largest absolute Gasteiger partial charge is 0.458 e. The molecule has 0 unspecified atom stereocenters. The molecule has 6 aliphatic heterocycles. The molecule has 0 N–H and O–H groups in total. The van der Waals surface area contributed by atoms with Crippen molar-refractivity contribution in [3.05, 3.63) is 192 Å². The van der Waals surface area contributed by atoms with Gasteiger partial charge in [0, 0.05) is 34.1 Å². The third kappa shape index (κ3) is 4.59. The number of anilines is 6. The smallest absolute Gasteiger partial charge is 0.256 e. The fourth-order valence-electron chi connectivity index (χ4n) is 13.3. The van der Waals surface area contributed by atoms with Crippen LogP contribution >= 0.6 is 0 Å². The summed E-state index contributed by atoms with van der Waals surface area (Å²) in [6.07, 6.45) is 0. The molecule has 4 nitrogen and oxygen atoms in total. The lowest BCUT2D eigenvalue weighted by Crippen LogP contribution is -2.69. The number of ether oxygens (including phenoxy) is 2. The molecule has 0 fully saturated rings. The molecule has 15 rings (SSSR count). The Morgan fingerprint density at radius 3 is 1.11 bits per heavy atom. The van der Waals surface area contributed by atoms with Crippen LogP contribution in [0.1, 0.15) is 22.3 Å². The minimum atomic E-state index is -0.0512. The average Bonchev–Trinajstić information content (AvgIpc) is 3.34. The molecule has 8 heteroatoms. The van der Waals surface area contributed by atoms with Gasteiger partial charge in [-0.1, -0.05) is 161 Å². The summed E-state index contributed by atoms with van der Waals surface area (Å²) in [6, 6.07) is 63.6. The van der Waals surface area contributed by atoms with Crippen molar-refractivity contribution in [1.82, 2.24) is 0 Å². The van der Waals surface area contributed by atoms with E-state index in [1.807, 2.05) is 0 Å². The van der Waals surface area contributed by atoms with Gasteiger partial charge in [-0.3, -0.25) is 0 Å². The number of para-hydroxylation sites is 4. The molecule has 0 aromatic heterocycles. The van der Waals surface area contributed by atoms with Gasteiger partial charge in [0.2, 0.25) is 13.4 Å². The fraction of sp³-hybridized carbons (Fsp3) is 0.0690. The van der Waals surface area contributed by atoms with Crippen LogP contribution in [0.3, 0.4) is 0 Å². The number of aryl methyl sites for hydroxylation is 4. The van der Waals surface area contributed by atoms with Crippen molar-refractivity contribution in [2.75, 3.05) is 9.80 Å². The minimum absolute atomic E-state index is 0.0512. The lowest BCUT2D eigenvalue weighted by molar-refractivity contribution is 0.487. The van der Waals surface area contributed by atoms with Crippen molar-refractivity contribution >= 4 is 127 Å². The van der Waals surface area contributed by atoms with Gasteiger partial charge in [-0.2, -0.15) is 0 Å². The molecule has 0 aliphatic carbocycles. The van der Waals surface area contributed by atoms with Gasteiger partial charge in [0.15, 0.2) is 0 Å². The quantitative estimate of drug-likeness (QED) is 0.219. The van der Waals surface area contributed by atoms with Gasteiger partial charge in [0.25, 0.3) is 13.4 Å². The molecule has 0 radical (unpaired) electrons. The Labute approximate surface area is 386 Å². The highest BCUT2D eigenvalue weighted by Gasteiger charge is 2.52. The van der Waals surface area contributed by atoms with Crippen LogP contribution in [0.15, 0.2) is 170 Å². The Balaban J connectivity index is 1.07. The topological polar surface area (TPSA) is 24.9 Å². The summed E-state index contributed by atoms with van der Waals surface area (Å²) in [5, 5.41) is 0. The highest BCUT2D eigenvalue weighted by Crippen LogP contribution is 2.46. The average molecular weight is 840 g/mol. The predicted molar refractivity (Wildman–Crippen MR) is 279 cm³/mol. The van der Waals surface area contributed by atoms with Crippen molar-refractivity contribution in [2.24, 2.45) is 0 Å². The molecule has 306 valence electrons. The lowest BCUT2D eigenvalue weighted by Gasteiger charge is -2.49. The Morgan fingerprint density at radius 1 is 0.288 bits per heavy atom. The monoisotopic (exact) mass is 840 g/mol. The fourth-order valence-corrected chi connectivity index (χ4v) is 13.3. The van der Waals surface area contributed by atoms with Crippen LogP contribution in [0, 0.1) is 27.7 Å². The van der Waals surface area contributed by atoms with Gasteiger partial charge < -0.3 is 19.3 Å². The third-order valence-electron chi connectivity index (χ3n) is 15.9. The van der Waals surface area contributed by atoms with Gasteiger partial charge in [-0.25, -0.2) is 0 Å². The van der Waals surface area contributed by atoms with E-state index in [2.05, 4.69) is 207 Å². The maximum absolute atomic E-state index is 6.97. The van der Waals surface area contributed by atoms with Crippen LogP contribution in [-0.2, 0) is 0 Å². The highest BCUT2D eigenvalue weighted by molar-refractivity contribution is 7.05. The van der Waals surface area contributed by atoms with E-state index in [0.29, 0.717) is 0 Å². The molecule has 0 spiro atoms. The zero-order valence-electron chi connectivity index (χ0n) is 37.2. The summed E-state index contributed by atoms with van der Waals surface area (Å²) < 4.78 is 13.9. The molecular formula is C58H40B4N2O2. The first-order valence-electron chi connectivity index (χ1n) is 23.4. The summed E-state index contributed by atoms with van der Waals surface area (Å²) in [5.74, 6) is 3.71. The standard InChI is InChI=1S/C58H40B4N2O2/c1-33-15-13-16-34(2)53(33)59-37-19-5-9-23-45(37)63-47-32-48-44(31-43(47)61-39-21-7-11-25-49(39)65-51-29-27-41(59)57(63)55(51)61)62-40-22-8-12-26-50(40)66-52-30-28-42-58(56(52)62)64(48)46-24-10-6-20-38(46)60(42)54-35(3)17-14-18-36(54)4/h5-32H,1-4H3. The van der Waals surface area contributed by atoms with E-state index in [1.54, 1.807) is 0 Å². The number of rotatable bonds is 2. The highest BCUT2D eigenvalue weighted by atomic mass is 16.5. The predicted octanol–water partition coefficient (Wildman–Crippen LogP) is 5.39. The number of hydrogen-bond acceptors (Lipinski definition) is 4. The van der Waals surface area contributed by atoms with Gasteiger partial charge in [-0.15, -0.1) is 0 Å². The van der Waals surface area contributed by atoms with E-state index in [4.69, 9.17) is 9.47 Å². The van der Waals surface area contributed by atoms with Crippen LogP contribution in [0.5, 0.6) is 23.0 Å². The van der Waals surface area contributed by atoms with Crippen molar-refractivity contribution < 1.29 is 9.47 Å². The normalized spacial score (nSPS) is 14.4. The molecular weight excluding hydrogens is 800 g/mol. The van der Waals surface area contributed by atoms with Gasteiger partial charge >= 0.3 is 0 Å². The van der Waals surface area contributed by atoms with Crippen molar-refractivity contribution in [2.45, 2.75) is 27.7 Å². The molecule has 9 aromatic carbocycles. The van der Waals surface area contributed by atoms with Crippen molar-refractivity contribution in [1.29, 1.82) is 0 Å². The molecule has 0 bridgehead atoms. The van der Waals surface area contributed by atoms with E-state index < -0.39 is 0 Å². The SMILES string of the molecule is Cc1cccc(C)c1B1c2ccccc2N2c3cc4c(cc3B3c5ccccc5Oc5ccc1c2c53)B1c2ccccc2Oc2ccc3c(c21)N4c1ccccc1B3c1c(C)cccc1C. The van der Waals surface area contributed by atoms with E-state index in [0.717, 1.165) is 23.0 Å². The van der Waals surface area contributed by atoms with Crippen molar-refractivity contribution in [3.63, 3.8) is 0 Å². The Kier molecular flexibility index (Phi) is 7.26. The molecule has 66 heavy (non-hydrogen) atoms. The Morgan fingerprint density at radius 2 is 0.667 bits per heavy atom. The Bertz CT molecular complexity index is 3400. The van der Waals surface area contributed by atoms with Gasteiger partial charge in [0.05, 0.1) is 0 Å². The first kappa shape index (κ1) is 36.7. The van der Waals surface area contributed by atoms with Crippen LogP contribution in [0.2, 0.25) is 0 Å². The van der Waals surface area contributed by atoms with E-state index >= 15 is 0 Å². The second-order valence-corrected chi connectivity index (χ2v) is 19.2. The first-order valence-corrected chi connectivity index (χ1v) is 23.4. The van der Waals surface area contributed by atoms with Crippen LogP contribution in [-0.4, -0.2) is 26.9 Å². The number of fused-ring (bicyclic) bond motifs is 14. The minimum Gasteiger partial charge on any atom is -0.458 e. The van der Waals surface area contributed by atoms with Crippen molar-refractivity contribution in [3.8, 4) is 23.0 Å². The second kappa shape index (κ2) is 13.0. The third-order valence-corrected chi connectivity index (χ3v) is 15.9. The zero-order chi connectivity index (χ0) is 43.7. The zero-order valence-corrected chi connectivity index (χ0v) is 37.2. The molecule has 0 saturated carbocycles. The van der Waals surface area contributed by atoms with Gasteiger partial charge in [0.1, 0.15) is 23.0 Å². The molecule has 0 amide bonds. The maximum atomic E-state index is 6.97. The summed E-state index contributed by atoms with van der Waals surface area (Å²) in [4.78, 5) is 5.22. The summed E-state index contributed by atoms with van der Waals surface area (Å²) >= 11 is 0. The number of nitrogens with zero attached hydrogens (tertiary/aromatic N) is 2. The number of hydrogen-bond donors (Lipinski definition) is 0. The summed E-state index contributed by atoms with van der Waals surface area (Å²) in [6.45, 7) is 9.11. The first-order chi connectivity index (χ1) is 32.4. The lowest BCUT2D eigenvalue weighted by atomic mass is 9.27. The molecule has 9 aromatic rings. The molecule has 6 heterocycles. The Hall–Kier alpha value is -7.56. The second-order valence-electron chi connectivity index (χ2n) is 19.2. The summed E-state index contributed by atoms with van der Waals surface area (Å²) in [7, 11) is 0. The van der Waals surface area contributed by atoms with E-state index in [1.165, 1.54) is 122 Å². The van der Waals surface area contributed by atoms with E-state index in [9.17, 15) is 0 Å². The molecule has 0 atom stereocenters. The van der Waals surface area contributed by atoms with Crippen LogP contribution in [0.4, 0.5) is 34.1 Å². The summed E-state index contributed by atoms with van der Waals surface area (Å²) in [5.41, 5.74) is 28.1. The number of benzene rings is 9. The maximum Gasteiger partial charge on any atom is 0.256 e.